The number of benzene rings is 1. The summed E-state index contributed by atoms with van der Waals surface area (Å²) in [6, 6.07) is 5.27. The fourth-order valence-corrected chi connectivity index (χ4v) is 2.99. The molecule has 0 atom stereocenters. The van der Waals surface area contributed by atoms with E-state index in [0.29, 0.717) is 21.4 Å². The number of esters is 2. The molecule has 6 nitrogen and oxygen atoms in total. The van der Waals surface area contributed by atoms with E-state index in [2.05, 4.69) is 9.97 Å². The number of rotatable bonds is 3. The number of hydrogen-bond acceptors (Lipinski definition) is 6. The smallest absolute Gasteiger partial charge is 0.312 e. The first-order valence-electron chi connectivity index (χ1n) is 7.38. The van der Waals surface area contributed by atoms with Crippen molar-refractivity contribution in [1.82, 2.24) is 9.97 Å². The van der Waals surface area contributed by atoms with Gasteiger partial charge >= 0.3 is 11.9 Å². The Hall–Kier alpha value is -1.75. The van der Waals surface area contributed by atoms with E-state index in [1.165, 1.54) is 6.92 Å². The van der Waals surface area contributed by atoms with Crippen molar-refractivity contribution in [2.75, 3.05) is 0 Å². The molecule has 0 aliphatic carbocycles. The molecule has 26 heavy (non-hydrogen) atoms. The van der Waals surface area contributed by atoms with Crippen LogP contribution in [0.25, 0.3) is 21.8 Å². The van der Waals surface area contributed by atoms with E-state index in [4.69, 9.17) is 32.7 Å². The summed E-state index contributed by atoms with van der Waals surface area (Å²) in [7, 11) is 0. The summed E-state index contributed by atoms with van der Waals surface area (Å²) in [4.78, 5) is 31.7. The summed E-state index contributed by atoms with van der Waals surface area (Å²) in [5.74, 6) is -1.53. The Morgan fingerprint density at radius 2 is 1.92 bits per heavy atom. The Morgan fingerprint density at radius 3 is 2.58 bits per heavy atom. The van der Waals surface area contributed by atoms with Crippen molar-refractivity contribution < 1.29 is 40.1 Å². The molecular formula is C17H12Cl2N2O4Pt. The Labute approximate surface area is 173 Å². The standard InChI is InChI=1S/C17H12Cl2N2O4.Pt/c1-3-11(23)25-17-16(24-8(2)22)13(19)12-10(18)7-9-5-4-6-20-14(9)15(12)21-17;/h4-7H,3H2,1-2H3;. The maximum Gasteiger partial charge on any atom is 0.312 e. The number of hydrogen-bond donors (Lipinski definition) is 0. The number of aromatic nitrogens is 2. The Kier molecular flexibility index (Phi) is 6.56. The molecule has 0 aliphatic heterocycles. The Bertz CT molecular complexity index is 1030. The van der Waals surface area contributed by atoms with Gasteiger partial charge in [0, 0.05) is 51.4 Å². The van der Waals surface area contributed by atoms with E-state index in [0.717, 1.165) is 5.39 Å². The van der Waals surface area contributed by atoms with Crippen molar-refractivity contribution in [3.8, 4) is 11.6 Å². The summed E-state index contributed by atoms with van der Waals surface area (Å²) < 4.78 is 10.3. The number of carbonyl (C=O) groups excluding carboxylic acids is 2. The van der Waals surface area contributed by atoms with Crippen LogP contribution in [0.2, 0.25) is 10.0 Å². The maximum atomic E-state index is 11.7. The zero-order chi connectivity index (χ0) is 18.1. The number of nitrogens with zero attached hydrogens (tertiary/aromatic N) is 2. The average Bonchev–Trinajstić information content (AvgIpc) is 2.57. The van der Waals surface area contributed by atoms with Crippen LogP contribution in [0, 0.1) is 0 Å². The molecule has 2 aromatic heterocycles. The van der Waals surface area contributed by atoms with Gasteiger partial charge in [0.25, 0.3) is 5.88 Å². The molecule has 0 amide bonds. The molecule has 9 heteroatoms. The zero-order valence-electron chi connectivity index (χ0n) is 13.6. The largest absolute Gasteiger partial charge is 0.419 e. The van der Waals surface area contributed by atoms with Gasteiger partial charge in [-0.3, -0.25) is 14.6 Å². The number of halogens is 2. The van der Waals surface area contributed by atoms with Crippen molar-refractivity contribution >= 4 is 56.9 Å². The average molecular weight is 574 g/mol. The summed E-state index contributed by atoms with van der Waals surface area (Å²) in [6.45, 7) is 2.83. The molecule has 2 heterocycles. The van der Waals surface area contributed by atoms with Crippen LogP contribution in [0.3, 0.4) is 0 Å². The minimum atomic E-state index is -0.633. The molecular weight excluding hydrogens is 562 g/mol. The van der Waals surface area contributed by atoms with Gasteiger partial charge in [-0.15, -0.1) is 0 Å². The second-order valence-electron chi connectivity index (χ2n) is 5.14. The van der Waals surface area contributed by atoms with Gasteiger partial charge in [0.05, 0.1) is 10.5 Å². The van der Waals surface area contributed by atoms with Crippen molar-refractivity contribution in [1.29, 1.82) is 0 Å². The van der Waals surface area contributed by atoms with Crippen molar-refractivity contribution in [2.24, 2.45) is 0 Å². The van der Waals surface area contributed by atoms with Gasteiger partial charge in [-0.05, 0) is 12.1 Å². The van der Waals surface area contributed by atoms with E-state index in [1.807, 2.05) is 6.07 Å². The predicted molar refractivity (Wildman–Crippen MR) is 94.3 cm³/mol. The van der Waals surface area contributed by atoms with Crippen LogP contribution in [0.1, 0.15) is 20.3 Å². The van der Waals surface area contributed by atoms with Gasteiger partial charge in [0.2, 0.25) is 5.75 Å². The van der Waals surface area contributed by atoms with E-state index in [-0.39, 0.29) is 44.1 Å². The summed E-state index contributed by atoms with van der Waals surface area (Å²) in [6.07, 6.45) is 1.72. The van der Waals surface area contributed by atoms with Gasteiger partial charge in [0.15, 0.2) is 0 Å². The van der Waals surface area contributed by atoms with E-state index in [1.54, 1.807) is 25.3 Å². The quantitative estimate of drug-likeness (QED) is 0.343. The Morgan fingerprint density at radius 1 is 1.19 bits per heavy atom. The second kappa shape index (κ2) is 8.29. The van der Waals surface area contributed by atoms with Gasteiger partial charge in [-0.2, -0.15) is 0 Å². The molecule has 0 N–H and O–H groups in total. The molecule has 0 unspecified atom stereocenters. The molecule has 0 saturated heterocycles. The van der Waals surface area contributed by atoms with Gasteiger partial charge < -0.3 is 9.47 Å². The molecule has 1 aromatic carbocycles. The van der Waals surface area contributed by atoms with Crippen LogP contribution in [-0.4, -0.2) is 21.9 Å². The first-order valence-corrected chi connectivity index (χ1v) is 8.13. The number of pyridine rings is 2. The van der Waals surface area contributed by atoms with Gasteiger partial charge in [-0.1, -0.05) is 36.2 Å². The summed E-state index contributed by atoms with van der Waals surface area (Å²) in [5.41, 5.74) is 0.884. The third-order valence-electron chi connectivity index (χ3n) is 3.39. The molecule has 0 saturated carbocycles. The predicted octanol–water partition coefficient (Wildman–Crippen LogP) is 4.33. The summed E-state index contributed by atoms with van der Waals surface area (Å²) in [5, 5.41) is 1.45. The van der Waals surface area contributed by atoms with Crippen molar-refractivity contribution in [3.05, 3.63) is 34.4 Å². The minimum Gasteiger partial charge on any atom is -0.419 e. The number of carbonyl (C=O) groups is 2. The number of fused-ring (bicyclic) bond motifs is 3. The third-order valence-corrected chi connectivity index (χ3v) is 4.05. The SMILES string of the molecule is CCC(=O)Oc1nc2c(c(Cl)cc3cccnc32)c(Cl)c1OC(C)=O.[Pt]. The van der Waals surface area contributed by atoms with Crippen LogP contribution < -0.4 is 9.47 Å². The van der Waals surface area contributed by atoms with Crippen molar-refractivity contribution in [2.45, 2.75) is 20.3 Å². The summed E-state index contributed by atoms with van der Waals surface area (Å²) >= 11 is 12.7. The van der Waals surface area contributed by atoms with Crippen LogP contribution in [-0.2, 0) is 30.7 Å². The Balaban J connectivity index is 0.00000243. The maximum absolute atomic E-state index is 11.7. The third kappa shape index (κ3) is 3.82. The second-order valence-corrected chi connectivity index (χ2v) is 5.92. The molecule has 0 spiro atoms. The minimum absolute atomic E-state index is 0. The fourth-order valence-electron chi connectivity index (χ4n) is 2.33. The monoisotopic (exact) mass is 573 g/mol. The van der Waals surface area contributed by atoms with Crippen molar-refractivity contribution in [3.63, 3.8) is 0 Å². The molecule has 0 radical (unpaired) electrons. The zero-order valence-corrected chi connectivity index (χ0v) is 17.4. The molecule has 3 rings (SSSR count). The van der Waals surface area contributed by atoms with Gasteiger partial charge in [0.1, 0.15) is 10.5 Å². The first kappa shape index (κ1) is 20.6. The van der Waals surface area contributed by atoms with E-state index >= 15 is 0 Å². The molecule has 0 aliphatic rings. The fraction of sp³-hybridized carbons (Fsp3) is 0.176. The van der Waals surface area contributed by atoms with Crippen LogP contribution in [0.5, 0.6) is 11.6 Å². The van der Waals surface area contributed by atoms with E-state index < -0.39 is 11.9 Å². The van der Waals surface area contributed by atoms with Crippen LogP contribution >= 0.6 is 23.2 Å². The topological polar surface area (TPSA) is 78.4 Å². The molecule has 138 valence electrons. The number of ether oxygens (including phenoxy) is 2. The molecule has 3 aromatic rings. The first-order chi connectivity index (χ1) is 11.9. The van der Waals surface area contributed by atoms with Gasteiger partial charge in [-0.25, -0.2) is 4.98 Å². The normalized spacial score (nSPS) is 10.5. The van der Waals surface area contributed by atoms with Crippen LogP contribution in [0.15, 0.2) is 24.4 Å². The molecule has 0 fully saturated rings. The van der Waals surface area contributed by atoms with Crippen LogP contribution in [0.4, 0.5) is 0 Å². The molecule has 0 bridgehead atoms. The van der Waals surface area contributed by atoms with E-state index in [9.17, 15) is 9.59 Å².